The lowest BCUT2D eigenvalue weighted by molar-refractivity contribution is 0.199. The minimum Gasteiger partial charge on any atom is -0.396 e. The first kappa shape index (κ1) is 14.9. The van der Waals surface area contributed by atoms with Crippen LogP contribution in [0.1, 0.15) is 37.5 Å². The molecule has 1 aromatic carbocycles. The topological polar surface area (TPSA) is 43.7 Å². The van der Waals surface area contributed by atoms with Gasteiger partial charge in [0.05, 0.1) is 6.10 Å². The van der Waals surface area contributed by atoms with E-state index in [2.05, 4.69) is 0 Å². The summed E-state index contributed by atoms with van der Waals surface area (Å²) in [6.07, 6.45) is -0.0537. The largest absolute Gasteiger partial charge is 0.396 e. The van der Waals surface area contributed by atoms with E-state index in [0.29, 0.717) is 24.1 Å². The Morgan fingerprint density at radius 3 is 2.56 bits per heavy atom. The third kappa shape index (κ3) is 3.43. The maximum absolute atomic E-state index is 13.6. The zero-order chi connectivity index (χ0) is 13.7. The van der Waals surface area contributed by atoms with Gasteiger partial charge in [-0.3, -0.25) is 0 Å². The Kier molecular flexibility index (Phi) is 5.56. The number of rotatable bonds is 6. The van der Waals surface area contributed by atoms with Gasteiger partial charge in [0.2, 0.25) is 0 Å². The van der Waals surface area contributed by atoms with Crippen molar-refractivity contribution in [1.29, 1.82) is 0 Å². The van der Waals surface area contributed by atoms with Gasteiger partial charge in [-0.2, -0.15) is 0 Å². The summed E-state index contributed by atoms with van der Waals surface area (Å²) < 4.78 is 13.6. The number of hydrogen-bond acceptors (Lipinski definition) is 3. The van der Waals surface area contributed by atoms with Crippen LogP contribution in [0.4, 0.5) is 10.1 Å². The fourth-order valence-electron chi connectivity index (χ4n) is 2.00. The molecule has 3 nitrogen and oxygen atoms in total. The van der Waals surface area contributed by atoms with Crippen molar-refractivity contribution in [3.63, 3.8) is 0 Å². The van der Waals surface area contributed by atoms with Gasteiger partial charge in [0.1, 0.15) is 5.82 Å². The van der Waals surface area contributed by atoms with Gasteiger partial charge in [-0.25, -0.2) is 4.39 Å². The summed E-state index contributed by atoms with van der Waals surface area (Å²) in [5, 5.41) is 18.6. The van der Waals surface area contributed by atoms with E-state index in [1.54, 1.807) is 19.9 Å². The Morgan fingerprint density at radius 2 is 2.06 bits per heavy atom. The zero-order valence-corrected chi connectivity index (χ0v) is 11.3. The van der Waals surface area contributed by atoms with Crippen LogP contribution in [-0.4, -0.2) is 29.9 Å². The molecule has 102 valence electrons. The van der Waals surface area contributed by atoms with Crippen LogP contribution in [-0.2, 0) is 0 Å². The number of hydrogen-bond donors (Lipinski definition) is 2. The zero-order valence-electron chi connectivity index (χ0n) is 11.3. The summed E-state index contributed by atoms with van der Waals surface area (Å²) in [6, 6.07) is 3.16. The predicted octanol–water partition coefficient (Wildman–Crippen LogP) is 2.40. The number of benzene rings is 1. The smallest absolute Gasteiger partial charge is 0.126 e. The Labute approximate surface area is 108 Å². The van der Waals surface area contributed by atoms with Crippen molar-refractivity contribution in [3.05, 3.63) is 29.1 Å². The summed E-state index contributed by atoms with van der Waals surface area (Å²) in [6.45, 7) is 6.92. The highest BCUT2D eigenvalue weighted by Gasteiger charge is 2.15. The predicted molar refractivity (Wildman–Crippen MR) is 71.4 cm³/mol. The molecule has 0 aliphatic heterocycles. The SMILES string of the molecule is CCN(CCCO)c1cc(C)c(F)cc1C(C)O. The highest BCUT2D eigenvalue weighted by molar-refractivity contribution is 5.56. The fourth-order valence-corrected chi connectivity index (χ4v) is 2.00. The van der Waals surface area contributed by atoms with E-state index < -0.39 is 6.10 Å². The molecule has 0 bridgehead atoms. The van der Waals surface area contributed by atoms with Crippen LogP contribution in [0.5, 0.6) is 0 Å². The van der Waals surface area contributed by atoms with Gasteiger partial charge < -0.3 is 15.1 Å². The minimum atomic E-state index is -0.710. The maximum atomic E-state index is 13.6. The highest BCUT2D eigenvalue weighted by atomic mass is 19.1. The summed E-state index contributed by atoms with van der Waals surface area (Å²) in [5.74, 6) is -0.298. The molecule has 0 spiro atoms. The van der Waals surface area contributed by atoms with Gasteiger partial charge >= 0.3 is 0 Å². The number of anilines is 1. The van der Waals surface area contributed by atoms with Crippen molar-refractivity contribution in [1.82, 2.24) is 0 Å². The highest BCUT2D eigenvalue weighted by Crippen LogP contribution is 2.29. The van der Waals surface area contributed by atoms with Crippen molar-refractivity contribution < 1.29 is 14.6 Å². The molecule has 1 atom stereocenters. The third-order valence-electron chi connectivity index (χ3n) is 3.07. The van der Waals surface area contributed by atoms with E-state index >= 15 is 0 Å². The molecule has 0 amide bonds. The van der Waals surface area contributed by atoms with E-state index in [1.807, 2.05) is 11.8 Å². The van der Waals surface area contributed by atoms with Crippen molar-refractivity contribution in [3.8, 4) is 0 Å². The van der Waals surface area contributed by atoms with Crippen LogP contribution in [0, 0.1) is 12.7 Å². The molecular weight excluding hydrogens is 233 g/mol. The van der Waals surface area contributed by atoms with Crippen molar-refractivity contribution in [2.75, 3.05) is 24.6 Å². The molecule has 0 aliphatic rings. The van der Waals surface area contributed by atoms with Crippen LogP contribution >= 0.6 is 0 Å². The van der Waals surface area contributed by atoms with Crippen LogP contribution in [0.15, 0.2) is 12.1 Å². The lowest BCUT2D eigenvalue weighted by Crippen LogP contribution is -2.26. The van der Waals surface area contributed by atoms with Crippen LogP contribution < -0.4 is 4.90 Å². The standard InChI is InChI=1S/C14H22FNO2/c1-4-16(6-5-7-17)14-8-10(2)13(15)9-12(14)11(3)18/h8-9,11,17-18H,4-7H2,1-3H3. The number of aliphatic hydroxyl groups excluding tert-OH is 2. The first-order valence-corrected chi connectivity index (χ1v) is 6.35. The van der Waals surface area contributed by atoms with Crippen LogP contribution in [0.3, 0.4) is 0 Å². The Bertz CT molecular complexity index is 394. The normalized spacial score (nSPS) is 12.6. The summed E-state index contributed by atoms with van der Waals surface area (Å²) in [7, 11) is 0. The molecule has 0 fully saturated rings. The molecule has 1 aromatic rings. The molecule has 0 saturated heterocycles. The van der Waals surface area contributed by atoms with Crippen LogP contribution in [0.25, 0.3) is 0 Å². The average Bonchev–Trinajstić information content (AvgIpc) is 2.33. The molecule has 0 heterocycles. The third-order valence-corrected chi connectivity index (χ3v) is 3.07. The molecule has 18 heavy (non-hydrogen) atoms. The Hall–Kier alpha value is -1.13. The summed E-state index contributed by atoms with van der Waals surface area (Å²) in [4.78, 5) is 2.05. The number of aryl methyl sites for hydroxylation is 1. The second kappa shape index (κ2) is 6.71. The number of aliphatic hydroxyl groups is 2. The fraction of sp³-hybridized carbons (Fsp3) is 0.571. The lowest BCUT2D eigenvalue weighted by Gasteiger charge is -2.27. The van der Waals surface area contributed by atoms with E-state index in [-0.39, 0.29) is 12.4 Å². The van der Waals surface area contributed by atoms with Gasteiger partial charge in [0, 0.05) is 30.9 Å². The van der Waals surface area contributed by atoms with Crippen molar-refractivity contribution in [2.24, 2.45) is 0 Å². The molecule has 4 heteroatoms. The molecule has 1 unspecified atom stereocenters. The quantitative estimate of drug-likeness (QED) is 0.820. The second-order valence-electron chi connectivity index (χ2n) is 4.49. The van der Waals surface area contributed by atoms with Gasteiger partial charge in [0.25, 0.3) is 0 Å². The maximum Gasteiger partial charge on any atom is 0.126 e. The molecule has 0 aliphatic carbocycles. The summed E-state index contributed by atoms with van der Waals surface area (Å²) >= 11 is 0. The van der Waals surface area contributed by atoms with Gasteiger partial charge in [-0.15, -0.1) is 0 Å². The van der Waals surface area contributed by atoms with Crippen LogP contribution in [0.2, 0.25) is 0 Å². The molecule has 1 rings (SSSR count). The molecular formula is C14H22FNO2. The van der Waals surface area contributed by atoms with E-state index in [9.17, 15) is 9.50 Å². The number of halogens is 1. The minimum absolute atomic E-state index is 0.126. The Balaban J connectivity index is 3.14. The molecule has 0 radical (unpaired) electrons. The molecule has 2 N–H and O–H groups in total. The van der Waals surface area contributed by atoms with Crippen molar-refractivity contribution >= 4 is 5.69 Å². The van der Waals surface area contributed by atoms with Gasteiger partial charge in [-0.1, -0.05) is 0 Å². The average molecular weight is 255 g/mol. The first-order valence-electron chi connectivity index (χ1n) is 6.35. The molecule has 0 aromatic heterocycles. The Morgan fingerprint density at radius 1 is 1.39 bits per heavy atom. The summed E-state index contributed by atoms with van der Waals surface area (Å²) in [5.41, 5.74) is 2.01. The van der Waals surface area contributed by atoms with E-state index in [0.717, 1.165) is 12.2 Å². The van der Waals surface area contributed by atoms with E-state index in [4.69, 9.17) is 5.11 Å². The van der Waals surface area contributed by atoms with Crippen molar-refractivity contribution in [2.45, 2.75) is 33.3 Å². The van der Waals surface area contributed by atoms with E-state index in [1.165, 1.54) is 6.07 Å². The first-order chi connectivity index (χ1) is 8.51. The van der Waals surface area contributed by atoms with Gasteiger partial charge in [-0.05, 0) is 44.9 Å². The monoisotopic (exact) mass is 255 g/mol. The van der Waals surface area contributed by atoms with Gasteiger partial charge in [0.15, 0.2) is 0 Å². The second-order valence-corrected chi connectivity index (χ2v) is 4.49. The number of nitrogens with zero attached hydrogens (tertiary/aromatic N) is 1. The molecule has 0 saturated carbocycles. The lowest BCUT2D eigenvalue weighted by atomic mass is 10.0.